The molecule has 1 saturated heterocycles. The van der Waals surface area contributed by atoms with E-state index in [-0.39, 0.29) is 5.91 Å². The number of likely N-dealkylation sites (tertiary alicyclic amines) is 1. The zero-order chi connectivity index (χ0) is 9.26. The van der Waals surface area contributed by atoms with Gasteiger partial charge in [0.2, 0.25) is 0 Å². The third-order valence-corrected chi connectivity index (χ3v) is 2.32. The highest BCUT2D eigenvalue weighted by Crippen LogP contribution is 2.14. The van der Waals surface area contributed by atoms with Gasteiger partial charge in [-0.15, -0.1) is 0 Å². The number of hydrogen-bond acceptors (Lipinski definition) is 2. The predicted octanol–water partition coefficient (Wildman–Crippen LogP) is 1.58. The second-order valence-corrected chi connectivity index (χ2v) is 3.40. The molecule has 13 heavy (non-hydrogen) atoms. The van der Waals surface area contributed by atoms with Gasteiger partial charge in [0.15, 0.2) is 0 Å². The van der Waals surface area contributed by atoms with E-state index in [9.17, 15) is 4.79 Å². The van der Waals surface area contributed by atoms with E-state index in [1.54, 1.807) is 23.2 Å². The summed E-state index contributed by atoms with van der Waals surface area (Å²) in [6.45, 7) is 1.72. The number of hydrogen-bond donors (Lipinski definition) is 0. The molecule has 1 amide bonds. The van der Waals surface area contributed by atoms with Crippen LogP contribution in [-0.4, -0.2) is 28.9 Å². The molecule has 2 heterocycles. The molecule has 4 heteroatoms. The lowest BCUT2D eigenvalue weighted by molar-refractivity contribution is 0.0651. The number of pyridine rings is 1. The van der Waals surface area contributed by atoms with Crippen molar-refractivity contribution in [2.75, 3.05) is 13.1 Å². The van der Waals surface area contributed by atoms with Gasteiger partial charge in [0.25, 0.3) is 5.91 Å². The zero-order valence-electron chi connectivity index (χ0n) is 7.03. The summed E-state index contributed by atoms with van der Waals surface area (Å²) in [6.07, 6.45) is 2.65. The Hall–Kier alpha value is -1.09. The molecule has 2 rings (SSSR count). The molecule has 68 valence electrons. The van der Waals surface area contributed by atoms with Crippen molar-refractivity contribution in [1.82, 2.24) is 9.88 Å². The molecule has 0 aliphatic carbocycles. The molecule has 0 aromatic carbocycles. The monoisotopic (exact) mass is 196 g/mol. The van der Waals surface area contributed by atoms with Crippen molar-refractivity contribution in [2.45, 2.75) is 6.42 Å². The van der Waals surface area contributed by atoms with Crippen molar-refractivity contribution in [1.29, 1.82) is 0 Å². The maximum Gasteiger partial charge on any atom is 0.254 e. The third-order valence-electron chi connectivity index (χ3n) is 2.12. The molecular weight excluding hydrogens is 188 g/mol. The minimum atomic E-state index is 0.0514. The van der Waals surface area contributed by atoms with E-state index in [2.05, 4.69) is 4.98 Å². The lowest BCUT2D eigenvalue weighted by Gasteiger charge is -2.30. The first-order valence-corrected chi connectivity index (χ1v) is 4.56. The van der Waals surface area contributed by atoms with Gasteiger partial charge in [-0.3, -0.25) is 4.79 Å². The van der Waals surface area contributed by atoms with Crippen LogP contribution in [0, 0.1) is 0 Å². The van der Waals surface area contributed by atoms with E-state index in [1.807, 2.05) is 0 Å². The fourth-order valence-electron chi connectivity index (χ4n) is 1.24. The highest BCUT2D eigenvalue weighted by Gasteiger charge is 2.21. The fourth-order valence-corrected chi connectivity index (χ4v) is 1.41. The lowest BCUT2D eigenvalue weighted by Crippen LogP contribution is -2.42. The number of nitrogens with zero attached hydrogens (tertiary/aromatic N) is 2. The Kier molecular flexibility index (Phi) is 2.19. The van der Waals surface area contributed by atoms with Gasteiger partial charge in [0.1, 0.15) is 5.15 Å². The van der Waals surface area contributed by atoms with Gasteiger partial charge in [-0.25, -0.2) is 4.98 Å². The molecule has 0 saturated carbocycles. The van der Waals surface area contributed by atoms with E-state index >= 15 is 0 Å². The molecule has 1 aromatic heterocycles. The summed E-state index contributed by atoms with van der Waals surface area (Å²) >= 11 is 5.67. The Bertz CT molecular complexity index is 336. The first-order valence-electron chi connectivity index (χ1n) is 4.18. The van der Waals surface area contributed by atoms with E-state index in [0.29, 0.717) is 10.7 Å². The summed E-state index contributed by atoms with van der Waals surface area (Å²) in [5, 5.41) is 0.367. The fraction of sp³-hybridized carbons (Fsp3) is 0.333. The van der Waals surface area contributed by atoms with Crippen molar-refractivity contribution < 1.29 is 4.79 Å². The van der Waals surface area contributed by atoms with E-state index < -0.39 is 0 Å². The van der Waals surface area contributed by atoms with Gasteiger partial charge in [-0.05, 0) is 18.6 Å². The van der Waals surface area contributed by atoms with Crippen LogP contribution in [0.25, 0.3) is 0 Å². The van der Waals surface area contributed by atoms with Crippen molar-refractivity contribution in [3.63, 3.8) is 0 Å². The van der Waals surface area contributed by atoms with Crippen LogP contribution in [0.1, 0.15) is 16.8 Å². The molecule has 1 fully saturated rings. The lowest BCUT2D eigenvalue weighted by atomic mass is 10.1. The highest BCUT2D eigenvalue weighted by atomic mass is 35.5. The highest BCUT2D eigenvalue weighted by molar-refractivity contribution is 6.29. The first-order chi connectivity index (χ1) is 6.27. The number of aromatic nitrogens is 1. The van der Waals surface area contributed by atoms with E-state index in [0.717, 1.165) is 19.5 Å². The number of carbonyl (C=O) groups is 1. The number of halogens is 1. The zero-order valence-corrected chi connectivity index (χ0v) is 7.79. The number of rotatable bonds is 1. The normalized spacial score (nSPS) is 15.3. The molecule has 3 nitrogen and oxygen atoms in total. The smallest absolute Gasteiger partial charge is 0.254 e. The molecule has 1 aliphatic heterocycles. The molecule has 0 unspecified atom stereocenters. The van der Waals surface area contributed by atoms with Crippen molar-refractivity contribution in [3.8, 4) is 0 Å². The van der Waals surface area contributed by atoms with Crippen LogP contribution >= 0.6 is 11.6 Å². The summed E-state index contributed by atoms with van der Waals surface area (Å²) in [5.41, 5.74) is 0.625. The van der Waals surface area contributed by atoms with Crippen molar-refractivity contribution >= 4 is 17.5 Å². The van der Waals surface area contributed by atoms with Crippen molar-refractivity contribution in [2.24, 2.45) is 0 Å². The van der Waals surface area contributed by atoms with Gasteiger partial charge in [-0.2, -0.15) is 0 Å². The molecule has 0 bridgehead atoms. The Balaban J connectivity index is 2.19. The molecule has 1 aliphatic rings. The first kappa shape index (κ1) is 8.51. The summed E-state index contributed by atoms with van der Waals surface area (Å²) in [4.78, 5) is 17.2. The summed E-state index contributed by atoms with van der Waals surface area (Å²) in [6, 6.07) is 3.29. The topological polar surface area (TPSA) is 33.2 Å². The third kappa shape index (κ3) is 1.65. The van der Waals surface area contributed by atoms with Crippen LogP contribution in [0.2, 0.25) is 5.15 Å². The second-order valence-electron chi connectivity index (χ2n) is 3.01. The Morgan fingerprint density at radius 2 is 2.31 bits per heavy atom. The SMILES string of the molecule is O=C(c1ccnc(Cl)c1)N1CCC1. The van der Waals surface area contributed by atoms with Crippen LogP contribution in [0.4, 0.5) is 0 Å². The Morgan fingerprint density at radius 3 is 2.85 bits per heavy atom. The summed E-state index contributed by atoms with van der Waals surface area (Å²) < 4.78 is 0. The number of carbonyl (C=O) groups excluding carboxylic acids is 1. The van der Waals surface area contributed by atoms with Crippen LogP contribution in [0.3, 0.4) is 0 Å². The van der Waals surface area contributed by atoms with Crippen LogP contribution < -0.4 is 0 Å². The predicted molar refractivity (Wildman–Crippen MR) is 49.8 cm³/mol. The number of amides is 1. The Labute approximate surface area is 81.3 Å². The van der Waals surface area contributed by atoms with Gasteiger partial charge < -0.3 is 4.90 Å². The maximum atomic E-state index is 11.6. The average Bonchev–Trinajstić information content (AvgIpc) is 2.01. The average molecular weight is 197 g/mol. The largest absolute Gasteiger partial charge is 0.339 e. The van der Waals surface area contributed by atoms with Gasteiger partial charge in [-0.1, -0.05) is 11.6 Å². The quantitative estimate of drug-likeness (QED) is 0.639. The van der Waals surface area contributed by atoms with Crippen LogP contribution in [0.15, 0.2) is 18.3 Å². The minimum absolute atomic E-state index is 0.0514. The summed E-state index contributed by atoms with van der Waals surface area (Å²) in [5.74, 6) is 0.0514. The van der Waals surface area contributed by atoms with Gasteiger partial charge in [0.05, 0.1) is 0 Å². The van der Waals surface area contributed by atoms with Gasteiger partial charge in [0, 0.05) is 24.8 Å². The van der Waals surface area contributed by atoms with E-state index in [4.69, 9.17) is 11.6 Å². The summed E-state index contributed by atoms with van der Waals surface area (Å²) in [7, 11) is 0. The van der Waals surface area contributed by atoms with Crippen LogP contribution in [-0.2, 0) is 0 Å². The van der Waals surface area contributed by atoms with E-state index in [1.165, 1.54) is 0 Å². The molecule has 0 radical (unpaired) electrons. The van der Waals surface area contributed by atoms with Crippen molar-refractivity contribution in [3.05, 3.63) is 29.0 Å². The molecule has 1 aromatic rings. The minimum Gasteiger partial charge on any atom is -0.339 e. The molecule has 0 spiro atoms. The molecule has 0 atom stereocenters. The Morgan fingerprint density at radius 1 is 1.54 bits per heavy atom. The second kappa shape index (κ2) is 3.34. The molecule has 0 N–H and O–H groups in total. The van der Waals surface area contributed by atoms with Gasteiger partial charge >= 0.3 is 0 Å². The maximum absolute atomic E-state index is 11.6. The van der Waals surface area contributed by atoms with Crippen LogP contribution in [0.5, 0.6) is 0 Å². The standard InChI is InChI=1S/C9H9ClN2O/c10-8-6-7(2-3-11-8)9(13)12-4-1-5-12/h2-3,6H,1,4-5H2. The molecular formula is C9H9ClN2O.